The van der Waals surface area contributed by atoms with Gasteiger partial charge in [0.1, 0.15) is 23.9 Å². The number of nitrogens with two attached hydrogens (primary N) is 1. The molecule has 21 heavy (non-hydrogen) atoms. The second-order valence-corrected chi connectivity index (χ2v) is 4.34. The van der Waals surface area contributed by atoms with E-state index < -0.39 is 0 Å². The van der Waals surface area contributed by atoms with Crippen molar-refractivity contribution in [3.63, 3.8) is 0 Å². The second-order valence-electron chi connectivity index (χ2n) is 4.34. The number of methoxy groups -OCH3 is 1. The van der Waals surface area contributed by atoms with E-state index in [-0.39, 0.29) is 0 Å². The zero-order valence-corrected chi connectivity index (χ0v) is 12.3. The van der Waals surface area contributed by atoms with Crippen molar-refractivity contribution in [2.75, 3.05) is 31.4 Å². The van der Waals surface area contributed by atoms with Gasteiger partial charge in [0.2, 0.25) is 5.88 Å². The van der Waals surface area contributed by atoms with Crippen molar-refractivity contribution >= 4 is 11.5 Å². The van der Waals surface area contributed by atoms with E-state index in [1.807, 2.05) is 19.1 Å². The lowest BCUT2D eigenvalue weighted by Gasteiger charge is -2.13. The zero-order chi connectivity index (χ0) is 15.1. The Morgan fingerprint density at radius 3 is 2.86 bits per heavy atom. The highest BCUT2D eigenvalue weighted by atomic mass is 16.5. The quantitative estimate of drug-likeness (QED) is 0.717. The van der Waals surface area contributed by atoms with Gasteiger partial charge in [-0.3, -0.25) is 0 Å². The molecule has 0 spiro atoms. The van der Waals surface area contributed by atoms with Crippen LogP contribution in [0.4, 0.5) is 11.5 Å². The first-order valence-electron chi connectivity index (χ1n) is 6.79. The highest BCUT2D eigenvalue weighted by Gasteiger charge is 2.12. The number of nitrogens with one attached hydrogen (secondary N) is 1. The molecule has 2 heterocycles. The molecule has 0 aliphatic rings. The molecule has 2 rings (SSSR count). The lowest BCUT2D eigenvalue weighted by molar-refractivity contribution is 0.144. The molecule has 7 nitrogen and oxygen atoms in total. The number of hydrogen-bond acceptors (Lipinski definition) is 7. The Labute approximate surface area is 123 Å². The summed E-state index contributed by atoms with van der Waals surface area (Å²) in [6, 6.07) is 3.71. The van der Waals surface area contributed by atoms with Crippen LogP contribution in [0.3, 0.4) is 0 Å². The maximum absolute atomic E-state index is 6.04. The van der Waals surface area contributed by atoms with Crippen LogP contribution in [0.25, 0.3) is 0 Å². The fourth-order valence-corrected chi connectivity index (χ4v) is 1.70. The van der Waals surface area contributed by atoms with Gasteiger partial charge >= 0.3 is 0 Å². The maximum Gasteiger partial charge on any atom is 0.242 e. The Hall–Kier alpha value is -2.28. The SMILES string of the molecule is CCc1nc(NCc2ccco2)c(N)c(OCCOC)n1. The number of nitrogen functional groups attached to an aromatic ring is 1. The Morgan fingerprint density at radius 1 is 1.33 bits per heavy atom. The average Bonchev–Trinajstić information content (AvgIpc) is 3.01. The molecule has 2 aromatic heterocycles. The molecule has 3 N–H and O–H groups in total. The highest BCUT2D eigenvalue weighted by molar-refractivity contribution is 5.66. The minimum atomic E-state index is 0.376. The van der Waals surface area contributed by atoms with Crippen LogP contribution in [0, 0.1) is 0 Å². The summed E-state index contributed by atoms with van der Waals surface area (Å²) in [7, 11) is 1.61. The zero-order valence-electron chi connectivity index (χ0n) is 12.3. The number of anilines is 2. The molecule has 0 amide bonds. The number of nitrogens with zero attached hydrogens (tertiary/aromatic N) is 2. The molecule has 0 bridgehead atoms. The van der Waals surface area contributed by atoms with E-state index in [2.05, 4.69) is 15.3 Å². The Kier molecular flexibility index (Phi) is 5.39. The van der Waals surface area contributed by atoms with E-state index in [9.17, 15) is 0 Å². The summed E-state index contributed by atoms with van der Waals surface area (Å²) < 4.78 is 15.7. The number of hydrogen-bond donors (Lipinski definition) is 2. The van der Waals surface area contributed by atoms with E-state index >= 15 is 0 Å². The van der Waals surface area contributed by atoms with Gasteiger partial charge in [-0.1, -0.05) is 6.92 Å². The molecule has 0 aromatic carbocycles. The summed E-state index contributed by atoms with van der Waals surface area (Å²) >= 11 is 0. The molecular formula is C14H20N4O3. The van der Waals surface area contributed by atoms with E-state index in [0.29, 0.717) is 49.4 Å². The van der Waals surface area contributed by atoms with Gasteiger partial charge in [-0.15, -0.1) is 0 Å². The van der Waals surface area contributed by atoms with E-state index in [1.54, 1.807) is 13.4 Å². The fourth-order valence-electron chi connectivity index (χ4n) is 1.70. The summed E-state index contributed by atoms with van der Waals surface area (Å²) in [5.74, 6) is 2.39. The number of ether oxygens (including phenoxy) is 2. The highest BCUT2D eigenvalue weighted by Crippen LogP contribution is 2.26. The van der Waals surface area contributed by atoms with Gasteiger partial charge in [0, 0.05) is 13.5 Å². The van der Waals surface area contributed by atoms with E-state index in [1.165, 1.54) is 0 Å². The molecule has 114 valence electrons. The molecule has 0 unspecified atom stereocenters. The number of aryl methyl sites for hydroxylation is 1. The van der Waals surface area contributed by atoms with Crippen molar-refractivity contribution in [1.29, 1.82) is 0 Å². The molecule has 0 radical (unpaired) electrons. The van der Waals surface area contributed by atoms with Gasteiger partial charge in [0.05, 0.1) is 19.4 Å². The number of rotatable bonds is 8. The van der Waals surface area contributed by atoms with Crippen LogP contribution in [0.15, 0.2) is 22.8 Å². The number of furan rings is 1. The average molecular weight is 292 g/mol. The van der Waals surface area contributed by atoms with Gasteiger partial charge in [-0.05, 0) is 12.1 Å². The predicted octanol–water partition coefficient (Wildman–Crippen LogP) is 1.85. The normalized spacial score (nSPS) is 10.6. The van der Waals surface area contributed by atoms with Gasteiger partial charge in [0.15, 0.2) is 5.82 Å². The van der Waals surface area contributed by atoms with Crippen LogP contribution in [0.1, 0.15) is 18.5 Å². The summed E-state index contributed by atoms with van der Waals surface area (Å²) in [6.07, 6.45) is 2.31. The lowest BCUT2D eigenvalue weighted by atomic mass is 10.3. The van der Waals surface area contributed by atoms with Crippen LogP contribution in [0.5, 0.6) is 5.88 Å². The van der Waals surface area contributed by atoms with Gasteiger partial charge in [-0.2, -0.15) is 4.98 Å². The minimum absolute atomic E-state index is 0.376. The maximum atomic E-state index is 6.04. The minimum Gasteiger partial charge on any atom is -0.474 e. The van der Waals surface area contributed by atoms with Crippen LogP contribution < -0.4 is 15.8 Å². The first-order valence-corrected chi connectivity index (χ1v) is 6.79. The van der Waals surface area contributed by atoms with Crippen molar-refractivity contribution in [2.45, 2.75) is 19.9 Å². The van der Waals surface area contributed by atoms with Crippen LogP contribution in [-0.2, 0) is 17.7 Å². The second kappa shape index (κ2) is 7.49. The van der Waals surface area contributed by atoms with Crippen LogP contribution in [-0.4, -0.2) is 30.3 Å². The molecule has 0 aliphatic heterocycles. The summed E-state index contributed by atoms with van der Waals surface area (Å²) in [5, 5.41) is 3.14. The topological polar surface area (TPSA) is 95.4 Å². The third-order valence-corrected chi connectivity index (χ3v) is 2.81. The molecule has 2 aromatic rings. The smallest absolute Gasteiger partial charge is 0.242 e. The third-order valence-electron chi connectivity index (χ3n) is 2.81. The van der Waals surface area contributed by atoms with Crippen molar-refractivity contribution in [2.24, 2.45) is 0 Å². The standard InChI is InChI=1S/C14H20N4O3/c1-3-11-17-13(16-9-10-5-4-6-20-10)12(15)14(18-11)21-8-7-19-2/h4-6H,3,7-9,15H2,1-2H3,(H,16,17,18). The van der Waals surface area contributed by atoms with Crippen molar-refractivity contribution < 1.29 is 13.9 Å². The summed E-state index contributed by atoms with van der Waals surface area (Å²) in [6.45, 7) is 3.33. The largest absolute Gasteiger partial charge is 0.474 e. The molecule has 0 saturated heterocycles. The predicted molar refractivity (Wildman–Crippen MR) is 79.2 cm³/mol. The molecule has 0 saturated carbocycles. The van der Waals surface area contributed by atoms with Crippen molar-refractivity contribution in [3.8, 4) is 5.88 Å². The van der Waals surface area contributed by atoms with E-state index in [0.717, 1.165) is 5.76 Å². The molecule has 7 heteroatoms. The monoisotopic (exact) mass is 292 g/mol. The Morgan fingerprint density at radius 2 is 2.19 bits per heavy atom. The molecule has 0 aliphatic carbocycles. The first kappa shape index (κ1) is 15.1. The molecule has 0 atom stereocenters. The van der Waals surface area contributed by atoms with Gasteiger partial charge in [0.25, 0.3) is 0 Å². The fraction of sp³-hybridized carbons (Fsp3) is 0.429. The van der Waals surface area contributed by atoms with Crippen molar-refractivity contribution in [3.05, 3.63) is 30.0 Å². The Balaban J connectivity index is 2.12. The van der Waals surface area contributed by atoms with Crippen molar-refractivity contribution in [1.82, 2.24) is 9.97 Å². The lowest BCUT2D eigenvalue weighted by Crippen LogP contribution is -2.12. The first-order chi connectivity index (χ1) is 10.2. The Bertz CT molecular complexity index is 558. The van der Waals surface area contributed by atoms with Crippen LogP contribution >= 0.6 is 0 Å². The third kappa shape index (κ3) is 4.09. The van der Waals surface area contributed by atoms with Gasteiger partial charge in [-0.25, -0.2) is 4.98 Å². The summed E-state index contributed by atoms with van der Waals surface area (Å²) in [5.41, 5.74) is 6.43. The summed E-state index contributed by atoms with van der Waals surface area (Å²) in [4.78, 5) is 8.67. The number of aromatic nitrogens is 2. The van der Waals surface area contributed by atoms with E-state index in [4.69, 9.17) is 19.6 Å². The van der Waals surface area contributed by atoms with Crippen LogP contribution in [0.2, 0.25) is 0 Å². The van der Waals surface area contributed by atoms with Gasteiger partial charge < -0.3 is 24.9 Å². The molecular weight excluding hydrogens is 272 g/mol. The molecule has 0 fully saturated rings.